The van der Waals surface area contributed by atoms with Gasteiger partial charge in [0.1, 0.15) is 12.4 Å². The van der Waals surface area contributed by atoms with Crippen molar-refractivity contribution in [3.63, 3.8) is 0 Å². The van der Waals surface area contributed by atoms with Crippen molar-refractivity contribution in [3.05, 3.63) is 148 Å². The third kappa shape index (κ3) is 5.20. The van der Waals surface area contributed by atoms with Gasteiger partial charge in [-0.15, -0.1) is 0 Å². The number of anilines is 1. The van der Waals surface area contributed by atoms with E-state index < -0.39 is 0 Å². The molecule has 5 aromatic rings. The maximum atomic E-state index is 6.31. The quantitative estimate of drug-likeness (QED) is 0.156. The van der Waals surface area contributed by atoms with Crippen molar-refractivity contribution in [3.8, 4) is 5.75 Å². The SMILES string of the molecule is Cc1ccc2c(c1)[C@@H]1C=CC[C@H]1[C@@H](c1ccc(N=Cc3c(OCc4ccc(Br)cc4)ccc4ccccc34)cc1)N2. The fourth-order valence-electron chi connectivity index (χ4n) is 6.23. The topological polar surface area (TPSA) is 33.6 Å². The minimum absolute atomic E-state index is 0.278. The van der Waals surface area contributed by atoms with Crippen molar-refractivity contribution >= 4 is 44.3 Å². The number of aliphatic imine (C=N–C) groups is 1. The number of nitrogens with zero attached hydrogens (tertiary/aromatic N) is 1. The van der Waals surface area contributed by atoms with Crippen molar-refractivity contribution in [2.24, 2.45) is 10.9 Å². The Hall–Kier alpha value is -4.15. The zero-order valence-electron chi connectivity index (χ0n) is 22.9. The predicted molar refractivity (Wildman–Crippen MR) is 174 cm³/mol. The second-order valence-electron chi connectivity index (χ2n) is 11.0. The summed E-state index contributed by atoms with van der Waals surface area (Å²) >= 11 is 3.51. The van der Waals surface area contributed by atoms with Crippen LogP contribution in [0.2, 0.25) is 0 Å². The molecule has 1 aliphatic heterocycles. The smallest absolute Gasteiger partial charge is 0.129 e. The van der Waals surface area contributed by atoms with Crippen molar-refractivity contribution in [2.45, 2.75) is 31.9 Å². The number of nitrogens with one attached hydrogen (secondary N) is 1. The lowest BCUT2D eigenvalue weighted by molar-refractivity contribution is 0.306. The largest absolute Gasteiger partial charge is 0.488 e. The van der Waals surface area contributed by atoms with Crippen LogP contribution in [0.15, 0.2) is 125 Å². The van der Waals surface area contributed by atoms with Gasteiger partial charge >= 0.3 is 0 Å². The molecule has 41 heavy (non-hydrogen) atoms. The summed E-state index contributed by atoms with van der Waals surface area (Å²) in [7, 11) is 0. The van der Waals surface area contributed by atoms with E-state index in [1.54, 1.807) is 0 Å². The maximum Gasteiger partial charge on any atom is 0.129 e. The summed E-state index contributed by atoms with van der Waals surface area (Å²) in [5, 5.41) is 6.14. The molecule has 0 spiro atoms. The third-order valence-electron chi connectivity index (χ3n) is 8.35. The number of halogens is 1. The average molecular weight is 600 g/mol. The van der Waals surface area contributed by atoms with Gasteiger partial charge in [-0.2, -0.15) is 0 Å². The molecule has 3 nitrogen and oxygen atoms in total. The van der Waals surface area contributed by atoms with Crippen LogP contribution in [0.25, 0.3) is 10.8 Å². The monoisotopic (exact) mass is 598 g/mol. The number of benzene rings is 5. The summed E-state index contributed by atoms with van der Waals surface area (Å²) in [6.45, 7) is 2.67. The molecular weight excluding hydrogens is 568 g/mol. The molecule has 202 valence electrons. The minimum atomic E-state index is 0.278. The van der Waals surface area contributed by atoms with Crippen LogP contribution < -0.4 is 10.1 Å². The number of hydrogen-bond donors (Lipinski definition) is 1. The van der Waals surface area contributed by atoms with Gasteiger partial charge < -0.3 is 10.1 Å². The zero-order valence-corrected chi connectivity index (χ0v) is 24.5. The number of allylic oxidation sites excluding steroid dienone is 2. The molecule has 0 radical (unpaired) electrons. The van der Waals surface area contributed by atoms with E-state index >= 15 is 0 Å². The molecular formula is C37H31BrN2O. The Balaban J connectivity index is 1.15. The molecule has 0 unspecified atom stereocenters. The fraction of sp³-hybridized carbons (Fsp3) is 0.162. The first-order valence-corrected chi connectivity index (χ1v) is 15.0. The molecule has 7 rings (SSSR count). The van der Waals surface area contributed by atoms with E-state index in [-0.39, 0.29) is 6.04 Å². The van der Waals surface area contributed by atoms with Crippen molar-refractivity contribution in [2.75, 3.05) is 5.32 Å². The molecule has 1 aliphatic carbocycles. The van der Waals surface area contributed by atoms with Crippen LogP contribution in [0.5, 0.6) is 5.75 Å². The highest BCUT2D eigenvalue weighted by Crippen LogP contribution is 2.50. The lowest BCUT2D eigenvalue weighted by atomic mass is 9.76. The highest BCUT2D eigenvalue weighted by atomic mass is 79.9. The van der Waals surface area contributed by atoms with Gasteiger partial charge in [-0.25, -0.2) is 0 Å². The highest BCUT2D eigenvalue weighted by molar-refractivity contribution is 9.10. The highest BCUT2D eigenvalue weighted by Gasteiger charge is 2.37. The van der Waals surface area contributed by atoms with Gasteiger partial charge in [0, 0.05) is 27.9 Å². The number of fused-ring (bicyclic) bond motifs is 4. The normalized spacial score (nSPS) is 19.2. The van der Waals surface area contributed by atoms with Gasteiger partial charge in [-0.05, 0) is 83.1 Å². The second kappa shape index (κ2) is 11.0. The van der Waals surface area contributed by atoms with E-state index in [4.69, 9.17) is 9.73 Å². The number of rotatable bonds is 6. The molecule has 5 aromatic carbocycles. The van der Waals surface area contributed by atoms with Crippen LogP contribution >= 0.6 is 15.9 Å². The van der Waals surface area contributed by atoms with E-state index in [9.17, 15) is 0 Å². The van der Waals surface area contributed by atoms with E-state index in [1.807, 2.05) is 24.4 Å². The number of ether oxygens (including phenoxy) is 1. The van der Waals surface area contributed by atoms with Crippen LogP contribution in [0, 0.1) is 12.8 Å². The molecule has 0 bridgehead atoms. The Morgan fingerprint density at radius 2 is 1.76 bits per heavy atom. The number of aryl methyl sites for hydroxylation is 1. The molecule has 1 heterocycles. The first-order valence-electron chi connectivity index (χ1n) is 14.2. The first-order chi connectivity index (χ1) is 20.1. The van der Waals surface area contributed by atoms with Crippen LogP contribution in [0.3, 0.4) is 0 Å². The van der Waals surface area contributed by atoms with Gasteiger partial charge in [-0.1, -0.05) is 100 Å². The Morgan fingerprint density at radius 1 is 0.927 bits per heavy atom. The van der Waals surface area contributed by atoms with Crippen molar-refractivity contribution in [1.29, 1.82) is 0 Å². The van der Waals surface area contributed by atoms with Gasteiger partial charge in [0.15, 0.2) is 0 Å². The number of hydrogen-bond acceptors (Lipinski definition) is 3. The zero-order chi connectivity index (χ0) is 27.8. The van der Waals surface area contributed by atoms with Gasteiger partial charge in [0.2, 0.25) is 0 Å². The molecule has 4 heteroatoms. The Morgan fingerprint density at radius 3 is 2.61 bits per heavy atom. The minimum Gasteiger partial charge on any atom is -0.488 e. The summed E-state index contributed by atoms with van der Waals surface area (Å²) in [5.74, 6) is 1.82. The summed E-state index contributed by atoms with van der Waals surface area (Å²) in [6.07, 6.45) is 7.79. The lowest BCUT2D eigenvalue weighted by Crippen LogP contribution is -2.29. The molecule has 0 saturated heterocycles. The Kier molecular flexibility index (Phi) is 6.93. The molecule has 2 aliphatic rings. The van der Waals surface area contributed by atoms with E-state index in [0.29, 0.717) is 18.4 Å². The average Bonchev–Trinajstić information content (AvgIpc) is 3.50. The summed E-state index contributed by atoms with van der Waals surface area (Å²) in [5.41, 5.74) is 8.33. The molecule has 0 saturated carbocycles. The molecule has 0 aromatic heterocycles. The van der Waals surface area contributed by atoms with Crippen LogP contribution in [0.1, 0.15) is 46.2 Å². The Bertz CT molecular complexity index is 1770. The standard InChI is InChI=1S/C37H31BrN2O/c1-24-9-19-35-33(21-24)31-7-4-8-32(31)37(40-35)27-12-17-29(18-13-27)39-22-34-30-6-3-2-5-26(30)14-20-36(34)41-23-25-10-15-28(38)16-11-25/h2-7,9-22,31-32,37,40H,8,23H2,1H3/t31-,32-,37-/m1/s1. The van der Waals surface area contributed by atoms with Crippen molar-refractivity contribution < 1.29 is 4.74 Å². The van der Waals surface area contributed by atoms with Crippen LogP contribution in [-0.2, 0) is 6.61 Å². The molecule has 0 amide bonds. The van der Waals surface area contributed by atoms with E-state index in [2.05, 4.69) is 125 Å². The Labute approximate surface area is 249 Å². The van der Waals surface area contributed by atoms with Gasteiger partial charge in [0.05, 0.1) is 11.7 Å². The summed E-state index contributed by atoms with van der Waals surface area (Å²) in [4.78, 5) is 4.91. The second-order valence-corrected chi connectivity index (χ2v) is 11.9. The van der Waals surface area contributed by atoms with E-state index in [0.717, 1.165) is 38.8 Å². The van der Waals surface area contributed by atoms with Crippen LogP contribution in [-0.4, -0.2) is 6.21 Å². The maximum absolute atomic E-state index is 6.31. The van der Waals surface area contributed by atoms with Crippen molar-refractivity contribution in [1.82, 2.24) is 0 Å². The third-order valence-corrected chi connectivity index (χ3v) is 8.88. The molecule has 0 fully saturated rings. The van der Waals surface area contributed by atoms with E-state index in [1.165, 1.54) is 27.8 Å². The fourth-order valence-corrected chi connectivity index (χ4v) is 6.49. The van der Waals surface area contributed by atoms with Gasteiger partial charge in [0.25, 0.3) is 0 Å². The lowest BCUT2D eigenvalue weighted by Gasteiger charge is -2.37. The summed E-state index contributed by atoms with van der Waals surface area (Å²) in [6, 6.07) is 36.5. The molecule has 3 atom stereocenters. The van der Waals surface area contributed by atoms with Crippen LogP contribution in [0.4, 0.5) is 11.4 Å². The predicted octanol–water partition coefficient (Wildman–Crippen LogP) is 10.1. The van der Waals surface area contributed by atoms with Gasteiger partial charge in [-0.3, -0.25) is 4.99 Å². The molecule has 1 N–H and O–H groups in total. The first kappa shape index (κ1) is 25.8. The summed E-state index contributed by atoms with van der Waals surface area (Å²) < 4.78 is 7.37.